The molecule has 7 nitrogen and oxygen atoms in total. The largest absolute Gasteiger partial charge is 0.463 e. The molecule has 0 radical (unpaired) electrons. The lowest BCUT2D eigenvalue weighted by atomic mass is 9.89. The molecule has 7 heteroatoms. The lowest BCUT2D eigenvalue weighted by Gasteiger charge is -2.42. The van der Waals surface area contributed by atoms with Crippen molar-refractivity contribution in [2.75, 3.05) is 20.2 Å². The standard InChI is InChI=1S/C27H49N3O4/c1-11-21-13-14-22(30(16-21)19(7)8)25(31)28-24(18(5)6)26(32)29(10)23(17(3)4)15-20(9)27(33)34-12-2/h15,17-19,21-24H,11-14,16H2,1-10H3,(H,28,31)/b20-15+/t21?,22-,23?,24?/m0/s1. The van der Waals surface area contributed by atoms with E-state index in [2.05, 4.69) is 31.0 Å². The number of likely N-dealkylation sites (N-methyl/N-ethyl adjacent to an activating group) is 1. The van der Waals surface area contributed by atoms with E-state index in [0.717, 1.165) is 25.8 Å². The molecule has 0 aromatic carbocycles. The summed E-state index contributed by atoms with van der Waals surface area (Å²) in [4.78, 5) is 43.1. The van der Waals surface area contributed by atoms with Crippen LogP contribution in [0.15, 0.2) is 11.6 Å². The Morgan fingerprint density at radius 2 is 1.68 bits per heavy atom. The van der Waals surface area contributed by atoms with Gasteiger partial charge in [0.05, 0.1) is 18.7 Å². The summed E-state index contributed by atoms with van der Waals surface area (Å²) < 4.78 is 5.10. The molecule has 0 aromatic rings. The second-order valence-corrected chi connectivity index (χ2v) is 10.6. The maximum Gasteiger partial charge on any atom is 0.333 e. The van der Waals surface area contributed by atoms with Gasteiger partial charge in [-0.3, -0.25) is 14.5 Å². The zero-order chi connectivity index (χ0) is 26.2. The van der Waals surface area contributed by atoms with Crippen molar-refractivity contribution in [1.29, 1.82) is 0 Å². The molecule has 196 valence electrons. The fourth-order valence-electron chi connectivity index (χ4n) is 4.71. The van der Waals surface area contributed by atoms with Crippen molar-refractivity contribution in [3.63, 3.8) is 0 Å². The minimum Gasteiger partial charge on any atom is -0.463 e. The number of amides is 2. The van der Waals surface area contributed by atoms with Crippen LogP contribution in [0.2, 0.25) is 0 Å². The van der Waals surface area contributed by atoms with Crippen molar-refractivity contribution >= 4 is 17.8 Å². The number of nitrogens with zero attached hydrogens (tertiary/aromatic N) is 2. The molecular formula is C27H49N3O4. The van der Waals surface area contributed by atoms with E-state index < -0.39 is 6.04 Å². The minimum atomic E-state index is -0.632. The van der Waals surface area contributed by atoms with Crippen LogP contribution in [-0.2, 0) is 19.1 Å². The number of esters is 1. The number of rotatable bonds is 11. The third-order valence-electron chi connectivity index (χ3n) is 6.99. The summed E-state index contributed by atoms with van der Waals surface area (Å²) in [5.41, 5.74) is 0.477. The molecule has 2 amide bonds. The number of hydrogen-bond donors (Lipinski definition) is 1. The van der Waals surface area contributed by atoms with Gasteiger partial charge >= 0.3 is 5.97 Å². The fourth-order valence-corrected chi connectivity index (χ4v) is 4.71. The topological polar surface area (TPSA) is 79.0 Å². The molecule has 1 aliphatic heterocycles. The average Bonchev–Trinajstić information content (AvgIpc) is 2.78. The van der Waals surface area contributed by atoms with Crippen molar-refractivity contribution in [3.8, 4) is 0 Å². The highest BCUT2D eigenvalue weighted by molar-refractivity contribution is 5.91. The molecule has 1 N–H and O–H groups in total. The molecule has 34 heavy (non-hydrogen) atoms. The third kappa shape index (κ3) is 8.10. The molecule has 0 aliphatic carbocycles. The molecule has 1 aliphatic rings. The molecule has 3 unspecified atom stereocenters. The van der Waals surface area contributed by atoms with Crippen LogP contribution < -0.4 is 5.32 Å². The van der Waals surface area contributed by atoms with Crippen LogP contribution in [-0.4, -0.2) is 72.0 Å². The van der Waals surface area contributed by atoms with E-state index in [0.29, 0.717) is 18.1 Å². The van der Waals surface area contributed by atoms with Gasteiger partial charge in [-0.15, -0.1) is 0 Å². The molecule has 1 rings (SSSR count). The molecular weight excluding hydrogens is 430 g/mol. The molecule has 0 aromatic heterocycles. The zero-order valence-electron chi connectivity index (χ0n) is 23.2. The molecule has 1 saturated heterocycles. The van der Waals surface area contributed by atoms with Gasteiger partial charge in [0.15, 0.2) is 0 Å². The first-order chi connectivity index (χ1) is 15.8. The van der Waals surface area contributed by atoms with E-state index in [1.54, 1.807) is 31.9 Å². The van der Waals surface area contributed by atoms with Gasteiger partial charge in [-0.25, -0.2) is 4.79 Å². The van der Waals surface area contributed by atoms with Gasteiger partial charge in [0.2, 0.25) is 11.8 Å². The van der Waals surface area contributed by atoms with E-state index in [4.69, 9.17) is 4.74 Å². The van der Waals surface area contributed by atoms with Gasteiger partial charge in [0.1, 0.15) is 6.04 Å². The molecule has 0 bridgehead atoms. The summed E-state index contributed by atoms with van der Waals surface area (Å²) in [6.07, 6.45) is 4.76. The molecule has 0 spiro atoms. The van der Waals surface area contributed by atoms with E-state index >= 15 is 0 Å². The Morgan fingerprint density at radius 1 is 1.06 bits per heavy atom. The van der Waals surface area contributed by atoms with Crippen LogP contribution in [0.25, 0.3) is 0 Å². The Hall–Kier alpha value is -1.89. The molecule has 4 atom stereocenters. The van der Waals surface area contributed by atoms with E-state index in [-0.39, 0.29) is 47.7 Å². The Morgan fingerprint density at radius 3 is 2.15 bits per heavy atom. The van der Waals surface area contributed by atoms with Crippen LogP contribution in [0.4, 0.5) is 0 Å². The summed E-state index contributed by atoms with van der Waals surface area (Å²) >= 11 is 0. The average molecular weight is 480 g/mol. The lowest BCUT2D eigenvalue weighted by molar-refractivity contribution is -0.141. The van der Waals surface area contributed by atoms with Crippen molar-refractivity contribution in [1.82, 2.24) is 15.1 Å². The smallest absolute Gasteiger partial charge is 0.333 e. The normalized spacial score (nSPS) is 21.5. The van der Waals surface area contributed by atoms with Gasteiger partial charge < -0.3 is 15.0 Å². The highest BCUT2D eigenvalue weighted by Crippen LogP contribution is 2.26. The predicted octanol–water partition coefficient (Wildman–Crippen LogP) is 4.02. The van der Waals surface area contributed by atoms with Crippen LogP contribution >= 0.6 is 0 Å². The number of ether oxygens (including phenoxy) is 1. The number of hydrogen-bond acceptors (Lipinski definition) is 5. The number of carbonyl (C=O) groups excluding carboxylic acids is 3. The number of nitrogens with one attached hydrogen (secondary N) is 1. The van der Waals surface area contributed by atoms with Gasteiger partial charge in [-0.05, 0) is 58.3 Å². The Kier molecular flexibility index (Phi) is 12.3. The van der Waals surface area contributed by atoms with Gasteiger partial charge in [0, 0.05) is 25.2 Å². The van der Waals surface area contributed by atoms with Crippen molar-refractivity contribution in [2.45, 2.75) is 106 Å². The van der Waals surface area contributed by atoms with Crippen LogP contribution in [0, 0.1) is 17.8 Å². The number of likely N-dealkylation sites (tertiary alicyclic amines) is 1. The summed E-state index contributed by atoms with van der Waals surface area (Å²) in [5.74, 6) is 0.0424. The first kappa shape index (κ1) is 30.1. The second kappa shape index (κ2) is 13.9. The van der Waals surface area contributed by atoms with Gasteiger partial charge in [-0.2, -0.15) is 0 Å². The van der Waals surface area contributed by atoms with Crippen LogP contribution in [0.3, 0.4) is 0 Å². The summed E-state index contributed by atoms with van der Waals surface area (Å²) in [5, 5.41) is 3.09. The minimum absolute atomic E-state index is 0.0666. The number of piperidine rings is 1. The highest BCUT2D eigenvalue weighted by atomic mass is 16.5. The van der Waals surface area contributed by atoms with Crippen molar-refractivity contribution in [2.24, 2.45) is 17.8 Å². The first-order valence-corrected chi connectivity index (χ1v) is 13.0. The SMILES string of the molecule is CCOC(=O)/C(C)=C/C(C(C)C)N(C)C(=O)C(NC(=O)[C@@H]1CCC(CC)CN1C(C)C)C(C)C. The zero-order valence-corrected chi connectivity index (χ0v) is 23.2. The van der Waals surface area contributed by atoms with E-state index in [9.17, 15) is 14.4 Å². The Labute approximate surface area is 207 Å². The fraction of sp³-hybridized carbons (Fsp3) is 0.815. The maximum atomic E-state index is 13.6. The summed E-state index contributed by atoms with van der Waals surface area (Å²) in [7, 11) is 1.75. The molecule has 1 heterocycles. The van der Waals surface area contributed by atoms with E-state index in [1.165, 1.54) is 0 Å². The van der Waals surface area contributed by atoms with Crippen LogP contribution in [0.1, 0.15) is 81.6 Å². The Bertz CT molecular complexity index is 717. The highest BCUT2D eigenvalue weighted by Gasteiger charge is 2.37. The number of carbonyl (C=O) groups is 3. The molecule has 0 saturated carbocycles. The quantitative estimate of drug-likeness (QED) is 0.358. The van der Waals surface area contributed by atoms with Crippen molar-refractivity contribution in [3.05, 3.63) is 11.6 Å². The third-order valence-corrected chi connectivity index (χ3v) is 6.99. The predicted molar refractivity (Wildman–Crippen MR) is 137 cm³/mol. The van der Waals surface area contributed by atoms with Gasteiger partial charge in [0.25, 0.3) is 0 Å². The van der Waals surface area contributed by atoms with E-state index in [1.807, 2.05) is 27.7 Å². The van der Waals surface area contributed by atoms with Gasteiger partial charge in [-0.1, -0.05) is 47.1 Å². The molecule has 1 fully saturated rings. The maximum absolute atomic E-state index is 13.6. The lowest BCUT2D eigenvalue weighted by Crippen LogP contribution is -2.59. The monoisotopic (exact) mass is 479 g/mol. The Balaban J connectivity index is 3.07. The second-order valence-electron chi connectivity index (χ2n) is 10.6. The first-order valence-electron chi connectivity index (χ1n) is 13.0. The van der Waals surface area contributed by atoms with Crippen molar-refractivity contribution < 1.29 is 19.1 Å². The summed E-state index contributed by atoms with van der Waals surface area (Å²) in [6, 6.07) is -0.869. The van der Waals surface area contributed by atoms with Crippen LogP contribution in [0.5, 0.6) is 0 Å². The summed E-state index contributed by atoms with van der Waals surface area (Å²) in [6.45, 7) is 19.1.